The highest BCUT2D eigenvalue weighted by molar-refractivity contribution is 5.29. The molecule has 1 N–H and O–H groups in total. The molecule has 1 atom stereocenters. The normalized spacial score (nSPS) is 14.3. The molecule has 0 heterocycles. The molecule has 0 aliphatic heterocycles. The van der Waals surface area contributed by atoms with Crippen LogP contribution in [0, 0.1) is 0 Å². The molecule has 0 aliphatic rings. The van der Waals surface area contributed by atoms with E-state index < -0.39 is 12.6 Å². The van der Waals surface area contributed by atoms with Crippen LogP contribution in [0.2, 0.25) is 0 Å². The van der Waals surface area contributed by atoms with E-state index in [1.165, 1.54) is 5.56 Å². The summed E-state index contributed by atoms with van der Waals surface area (Å²) in [4.78, 5) is 0. The van der Waals surface area contributed by atoms with E-state index in [1.54, 1.807) is 0 Å². The Labute approximate surface area is 119 Å². The van der Waals surface area contributed by atoms with Crippen LogP contribution in [0.5, 0.6) is 0 Å². The van der Waals surface area contributed by atoms with E-state index in [0.717, 1.165) is 5.56 Å². The number of hydrogen-bond acceptors (Lipinski definition) is 1. The Kier molecular flexibility index (Phi) is 5.63. The predicted octanol–water partition coefficient (Wildman–Crippen LogP) is 4.98. The molecule has 0 radical (unpaired) electrons. The number of benzene rings is 1. The van der Waals surface area contributed by atoms with Crippen LogP contribution < -0.4 is 5.32 Å². The Morgan fingerprint density at radius 2 is 1.60 bits per heavy atom. The van der Waals surface area contributed by atoms with Crippen LogP contribution in [0.25, 0.3) is 0 Å². The zero-order valence-corrected chi connectivity index (χ0v) is 12.6. The van der Waals surface area contributed by atoms with Gasteiger partial charge in [-0.3, -0.25) is 0 Å². The maximum absolute atomic E-state index is 12.4. The summed E-state index contributed by atoms with van der Waals surface area (Å²) >= 11 is 0. The summed E-state index contributed by atoms with van der Waals surface area (Å²) < 4.78 is 37.1. The molecule has 0 spiro atoms. The fraction of sp³-hybridized carbons (Fsp3) is 0.625. The van der Waals surface area contributed by atoms with Crippen LogP contribution in [0.1, 0.15) is 57.7 Å². The molecule has 0 aliphatic carbocycles. The van der Waals surface area contributed by atoms with Crippen molar-refractivity contribution in [3.8, 4) is 0 Å². The molecule has 0 bridgehead atoms. The molecule has 0 saturated heterocycles. The van der Waals surface area contributed by atoms with E-state index in [2.05, 4.69) is 26.1 Å². The zero-order valence-electron chi connectivity index (χ0n) is 12.6. The van der Waals surface area contributed by atoms with Crippen LogP contribution in [0.15, 0.2) is 24.3 Å². The van der Waals surface area contributed by atoms with Gasteiger partial charge in [-0.1, -0.05) is 52.0 Å². The molecule has 1 rings (SSSR count). The molecule has 1 unspecified atom stereocenters. The molecular formula is C16H24F3N. The van der Waals surface area contributed by atoms with Gasteiger partial charge in [-0.25, -0.2) is 0 Å². The van der Waals surface area contributed by atoms with Gasteiger partial charge in [-0.05, 0) is 29.5 Å². The first-order valence-corrected chi connectivity index (χ1v) is 7.04. The van der Waals surface area contributed by atoms with E-state index in [4.69, 9.17) is 0 Å². The van der Waals surface area contributed by atoms with E-state index in [1.807, 2.05) is 31.2 Å². The lowest BCUT2D eigenvalue weighted by atomic mass is 9.86. The third kappa shape index (κ3) is 5.53. The maximum Gasteiger partial charge on any atom is 0.389 e. The third-order valence-corrected chi connectivity index (χ3v) is 3.35. The quantitative estimate of drug-likeness (QED) is 0.805. The fourth-order valence-electron chi connectivity index (χ4n) is 2.16. The van der Waals surface area contributed by atoms with Crippen molar-refractivity contribution in [3.05, 3.63) is 35.4 Å². The first kappa shape index (κ1) is 17.0. The molecular weight excluding hydrogens is 263 g/mol. The standard InChI is InChI=1S/C16H24F3N/c1-5-20-14(10-11-16(17,18)19)12-6-8-13(9-7-12)15(2,3)4/h6-9,14,20H,5,10-11H2,1-4H3. The van der Waals surface area contributed by atoms with Gasteiger partial charge in [-0.15, -0.1) is 0 Å². The largest absolute Gasteiger partial charge is 0.389 e. The van der Waals surface area contributed by atoms with Gasteiger partial charge in [0, 0.05) is 12.5 Å². The van der Waals surface area contributed by atoms with Crippen molar-refractivity contribution in [2.24, 2.45) is 0 Å². The highest BCUT2D eigenvalue weighted by Gasteiger charge is 2.28. The number of nitrogens with one attached hydrogen (secondary N) is 1. The van der Waals surface area contributed by atoms with Crippen molar-refractivity contribution in [2.45, 2.75) is 58.2 Å². The zero-order chi connectivity index (χ0) is 15.4. The minimum absolute atomic E-state index is 0.0538. The Balaban J connectivity index is 2.81. The SMILES string of the molecule is CCNC(CCC(F)(F)F)c1ccc(C(C)(C)C)cc1. The molecule has 0 amide bonds. The van der Waals surface area contributed by atoms with Crippen LogP contribution in [0.4, 0.5) is 13.2 Å². The first-order chi connectivity index (χ1) is 9.13. The second-order valence-electron chi connectivity index (χ2n) is 6.14. The van der Waals surface area contributed by atoms with Crippen LogP contribution in [0.3, 0.4) is 0 Å². The third-order valence-electron chi connectivity index (χ3n) is 3.35. The fourth-order valence-corrected chi connectivity index (χ4v) is 2.16. The minimum atomic E-state index is -4.10. The number of rotatable bonds is 5. The Morgan fingerprint density at radius 3 is 2.00 bits per heavy atom. The molecule has 20 heavy (non-hydrogen) atoms. The van der Waals surface area contributed by atoms with Crippen molar-refractivity contribution < 1.29 is 13.2 Å². The second-order valence-corrected chi connectivity index (χ2v) is 6.14. The van der Waals surface area contributed by atoms with Gasteiger partial charge in [0.25, 0.3) is 0 Å². The summed E-state index contributed by atoms with van der Waals surface area (Å²) in [5, 5.41) is 3.13. The smallest absolute Gasteiger partial charge is 0.310 e. The molecule has 0 aromatic heterocycles. The number of halogens is 3. The van der Waals surface area contributed by atoms with Crippen molar-refractivity contribution in [1.29, 1.82) is 0 Å². The summed E-state index contributed by atoms with van der Waals surface area (Å²) in [6, 6.07) is 7.64. The van der Waals surface area contributed by atoms with Gasteiger partial charge in [0.15, 0.2) is 0 Å². The molecule has 1 aromatic carbocycles. The van der Waals surface area contributed by atoms with Gasteiger partial charge >= 0.3 is 6.18 Å². The first-order valence-electron chi connectivity index (χ1n) is 7.04. The average Bonchev–Trinajstić information content (AvgIpc) is 2.32. The monoisotopic (exact) mass is 287 g/mol. The lowest BCUT2D eigenvalue weighted by Gasteiger charge is -2.22. The Bertz CT molecular complexity index is 401. The van der Waals surface area contributed by atoms with Crippen molar-refractivity contribution >= 4 is 0 Å². The topological polar surface area (TPSA) is 12.0 Å². The van der Waals surface area contributed by atoms with Gasteiger partial charge in [0.1, 0.15) is 0 Å². The summed E-state index contributed by atoms with van der Waals surface area (Å²) in [5.41, 5.74) is 2.16. The van der Waals surface area contributed by atoms with Crippen molar-refractivity contribution in [1.82, 2.24) is 5.32 Å². The molecule has 114 valence electrons. The van der Waals surface area contributed by atoms with Gasteiger partial charge < -0.3 is 5.32 Å². The van der Waals surface area contributed by atoms with Gasteiger partial charge in [0.05, 0.1) is 0 Å². The highest BCUT2D eigenvalue weighted by atomic mass is 19.4. The predicted molar refractivity (Wildman–Crippen MR) is 76.8 cm³/mol. The van der Waals surface area contributed by atoms with Gasteiger partial charge in [0.2, 0.25) is 0 Å². The molecule has 1 nitrogen and oxygen atoms in total. The Hall–Kier alpha value is -1.03. The molecule has 0 fully saturated rings. The van der Waals surface area contributed by atoms with E-state index >= 15 is 0 Å². The lowest BCUT2D eigenvalue weighted by Crippen LogP contribution is -2.23. The van der Waals surface area contributed by atoms with Crippen LogP contribution >= 0.6 is 0 Å². The summed E-state index contributed by atoms with van der Waals surface area (Å²) in [7, 11) is 0. The molecule has 4 heteroatoms. The average molecular weight is 287 g/mol. The van der Waals surface area contributed by atoms with E-state index in [9.17, 15) is 13.2 Å². The number of hydrogen-bond donors (Lipinski definition) is 1. The second kappa shape index (κ2) is 6.61. The summed E-state index contributed by atoms with van der Waals surface area (Å²) in [5.74, 6) is 0. The summed E-state index contributed by atoms with van der Waals surface area (Å²) in [6.07, 6.45) is -4.78. The highest BCUT2D eigenvalue weighted by Crippen LogP contribution is 2.29. The maximum atomic E-state index is 12.4. The van der Waals surface area contributed by atoms with Crippen LogP contribution in [-0.4, -0.2) is 12.7 Å². The van der Waals surface area contributed by atoms with Crippen molar-refractivity contribution in [2.75, 3.05) is 6.54 Å². The van der Waals surface area contributed by atoms with Gasteiger partial charge in [-0.2, -0.15) is 13.2 Å². The van der Waals surface area contributed by atoms with Crippen molar-refractivity contribution in [3.63, 3.8) is 0 Å². The minimum Gasteiger partial charge on any atom is -0.310 e. The van der Waals surface area contributed by atoms with E-state index in [0.29, 0.717) is 6.54 Å². The van der Waals surface area contributed by atoms with E-state index in [-0.39, 0.29) is 17.9 Å². The molecule has 1 aromatic rings. The number of alkyl halides is 3. The lowest BCUT2D eigenvalue weighted by molar-refractivity contribution is -0.136. The summed E-state index contributed by atoms with van der Waals surface area (Å²) in [6.45, 7) is 8.92. The molecule has 0 saturated carbocycles. The van der Waals surface area contributed by atoms with Crippen LogP contribution in [-0.2, 0) is 5.41 Å². The Morgan fingerprint density at radius 1 is 1.05 bits per heavy atom.